The van der Waals surface area contributed by atoms with E-state index in [0.717, 1.165) is 17.0 Å². The molecule has 0 fully saturated rings. The minimum absolute atomic E-state index is 0.537. The van der Waals surface area contributed by atoms with E-state index in [2.05, 4.69) is 5.32 Å². The molecule has 0 bridgehead atoms. The molecule has 0 heterocycles. The van der Waals surface area contributed by atoms with E-state index >= 15 is 0 Å². The zero-order valence-corrected chi connectivity index (χ0v) is 12.1. The molecule has 0 aliphatic carbocycles. The third-order valence-electron chi connectivity index (χ3n) is 2.60. The second-order valence-corrected chi connectivity index (χ2v) is 5.06. The van der Waals surface area contributed by atoms with E-state index < -0.39 is 0 Å². The monoisotopic (exact) mass is 295 g/mol. The van der Waals surface area contributed by atoms with Crippen LogP contribution in [-0.2, 0) is 0 Å². The first-order valence-electron chi connectivity index (χ1n) is 6.03. The summed E-state index contributed by atoms with van der Waals surface area (Å²) in [5.74, 6) is 0.717. The number of hydrogen-bond acceptors (Lipinski definition) is 2. The van der Waals surface area contributed by atoms with E-state index in [4.69, 9.17) is 27.9 Å². The molecule has 2 rings (SSSR count). The molecular formula is C15H15Cl2NO. The zero-order chi connectivity index (χ0) is 13.7. The highest BCUT2D eigenvalue weighted by Gasteiger charge is 2.01. The van der Waals surface area contributed by atoms with Crippen LogP contribution in [0.3, 0.4) is 0 Å². The highest BCUT2D eigenvalue weighted by molar-refractivity contribution is 6.32. The predicted molar refractivity (Wildman–Crippen MR) is 81.6 cm³/mol. The Morgan fingerprint density at radius 2 is 1.95 bits per heavy atom. The van der Waals surface area contributed by atoms with E-state index in [0.29, 0.717) is 23.2 Å². The van der Waals surface area contributed by atoms with E-state index in [-0.39, 0.29) is 0 Å². The number of aryl methyl sites for hydroxylation is 1. The molecule has 4 heteroatoms. The van der Waals surface area contributed by atoms with Gasteiger partial charge >= 0.3 is 0 Å². The number of hydrogen-bond donors (Lipinski definition) is 1. The molecule has 2 aromatic rings. The lowest BCUT2D eigenvalue weighted by Gasteiger charge is -2.10. The minimum Gasteiger partial charge on any atom is -0.490 e. The van der Waals surface area contributed by atoms with Crippen molar-refractivity contribution in [2.24, 2.45) is 0 Å². The van der Waals surface area contributed by atoms with Crippen LogP contribution < -0.4 is 10.1 Å². The Labute approximate surface area is 123 Å². The topological polar surface area (TPSA) is 21.3 Å². The van der Waals surface area contributed by atoms with Gasteiger partial charge in [0.2, 0.25) is 0 Å². The van der Waals surface area contributed by atoms with Crippen molar-refractivity contribution < 1.29 is 4.74 Å². The third-order valence-corrected chi connectivity index (χ3v) is 3.15. The van der Waals surface area contributed by atoms with Crippen molar-refractivity contribution in [1.29, 1.82) is 0 Å². The summed E-state index contributed by atoms with van der Waals surface area (Å²) < 4.78 is 5.64. The first kappa shape index (κ1) is 14.0. The third kappa shape index (κ3) is 4.34. The van der Waals surface area contributed by atoms with Gasteiger partial charge in [0.05, 0.1) is 5.02 Å². The van der Waals surface area contributed by atoms with Gasteiger partial charge in [-0.1, -0.05) is 35.3 Å². The zero-order valence-electron chi connectivity index (χ0n) is 10.6. The van der Waals surface area contributed by atoms with Gasteiger partial charge in [0.15, 0.2) is 0 Å². The van der Waals surface area contributed by atoms with Gasteiger partial charge in [0, 0.05) is 17.3 Å². The molecule has 0 atom stereocenters. The van der Waals surface area contributed by atoms with Crippen LogP contribution in [-0.4, -0.2) is 13.2 Å². The molecule has 1 N–H and O–H groups in total. The van der Waals surface area contributed by atoms with Crippen LogP contribution >= 0.6 is 23.2 Å². The van der Waals surface area contributed by atoms with Gasteiger partial charge in [-0.05, 0) is 42.8 Å². The maximum absolute atomic E-state index is 6.05. The fraction of sp³-hybridized carbons (Fsp3) is 0.200. The fourth-order valence-electron chi connectivity index (χ4n) is 1.68. The Morgan fingerprint density at radius 3 is 2.74 bits per heavy atom. The average Bonchev–Trinajstić information content (AvgIpc) is 2.39. The molecule has 0 spiro atoms. The van der Waals surface area contributed by atoms with E-state index in [1.807, 2.05) is 49.4 Å². The normalized spacial score (nSPS) is 10.3. The van der Waals surface area contributed by atoms with Crippen molar-refractivity contribution in [3.05, 3.63) is 58.1 Å². The smallest absolute Gasteiger partial charge is 0.138 e. The first-order valence-corrected chi connectivity index (χ1v) is 6.79. The maximum Gasteiger partial charge on any atom is 0.138 e. The molecule has 2 aromatic carbocycles. The van der Waals surface area contributed by atoms with Crippen LogP contribution in [0, 0.1) is 6.92 Å². The summed E-state index contributed by atoms with van der Waals surface area (Å²) >= 11 is 12.0. The van der Waals surface area contributed by atoms with Crippen LogP contribution in [0.15, 0.2) is 42.5 Å². The molecule has 0 saturated heterocycles. The van der Waals surface area contributed by atoms with Gasteiger partial charge < -0.3 is 10.1 Å². The molecule has 0 aliphatic rings. The lowest BCUT2D eigenvalue weighted by atomic mass is 10.2. The summed E-state index contributed by atoms with van der Waals surface area (Å²) in [6.07, 6.45) is 0. The summed E-state index contributed by atoms with van der Waals surface area (Å²) in [4.78, 5) is 0. The second-order valence-electron chi connectivity index (χ2n) is 4.22. The fourth-order valence-corrected chi connectivity index (χ4v) is 2.04. The number of ether oxygens (including phenoxy) is 1. The van der Waals surface area contributed by atoms with Crippen LogP contribution in [0.2, 0.25) is 10.0 Å². The van der Waals surface area contributed by atoms with Gasteiger partial charge in [-0.25, -0.2) is 0 Å². The van der Waals surface area contributed by atoms with Crippen LogP contribution in [0.25, 0.3) is 0 Å². The van der Waals surface area contributed by atoms with Crippen LogP contribution in [0.4, 0.5) is 5.69 Å². The summed E-state index contributed by atoms with van der Waals surface area (Å²) in [7, 11) is 0. The Bertz CT molecular complexity index is 558. The molecular weight excluding hydrogens is 281 g/mol. The van der Waals surface area contributed by atoms with Crippen molar-refractivity contribution in [2.75, 3.05) is 18.5 Å². The van der Waals surface area contributed by atoms with Gasteiger partial charge in [-0.15, -0.1) is 0 Å². The molecule has 0 aromatic heterocycles. The van der Waals surface area contributed by atoms with Crippen LogP contribution in [0.5, 0.6) is 5.75 Å². The van der Waals surface area contributed by atoms with Gasteiger partial charge in [-0.3, -0.25) is 0 Å². The average molecular weight is 296 g/mol. The van der Waals surface area contributed by atoms with Crippen molar-refractivity contribution >= 4 is 28.9 Å². The molecule has 0 amide bonds. The van der Waals surface area contributed by atoms with Crippen molar-refractivity contribution in [3.8, 4) is 5.75 Å². The molecule has 19 heavy (non-hydrogen) atoms. The van der Waals surface area contributed by atoms with Crippen molar-refractivity contribution in [1.82, 2.24) is 0 Å². The molecule has 100 valence electrons. The first-order chi connectivity index (χ1) is 9.15. The van der Waals surface area contributed by atoms with E-state index in [1.54, 1.807) is 0 Å². The Morgan fingerprint density at radius 1 is 1.11 bits per heavy atom. The Hall–Kier alpha value is -1.38. The van der Waals surface area contributed by atoms with Gasteiger partial charge in [0.25, 0.3) is 0 Å². The summed E-state index contributed by atoms with van der Waals surface area (Å²) in [6.45, 7) is 3.23. The SMILES string of the molecule is Cc1ccc(Cl)c(OCCNc2cccc(Cl)c2)c1. The largest absolute Gasteiger partial charge is 0.490 e. The minimum atomic E-state index is 0.537. The van der Waals surface area contributed by atoms with Gasteiger partial charge in [0.1, 0.15) is 12.4 Å². The Kier molecular flexibility index (Phi) is 4.94. The second kappa shape index (κ2) is 6.69. The standard InChI is InChI=1S/C15H15Cl2NO/c1-11-5-6-14(17)15(9-11)19-8-7-18-13-4-2-3-12(16)10-13/h2-6,9-10,18H,7-8H2,1H3. The number of benzene rings is 2. The molecule has 0 unspecified atom stereocenters. The summed E-state index contributed by atoms with van der Waals surface area (Å²) in [5.41, 5.74) is 2.11. The van der Waals surface area contributed by atoms with Gasteiger partial charge in [-0.2, -0.15) is 0 Å². The van der Waals surface area contributed by atoms with E-state index in [1.165, 1.54) is 0 Å². The summed E-state index contributed by atoms with van der Waals surface area (Å²) in [6, 6.07) is 13.3. The maximum atomic E-state index is 6.05. The number of anilines is 1. The highest BCUT2D eigenvalue weighted by Crippen LogP contribution is 2.25. The number of halogens is 2. The molecule has 0 saturated carbocycles. The van der Waals surface area contributed by atoms with Crippen molar-refractivity contribution in [3.63, 3.8) is 0 Å². The highest BCUT2D eigenvalue weighted by atomic mass is 35.5. The van der Waals surface area contributed by atoms with Crippen LogP contribution in [0.1, 0.15) is 5.56 Å². The number of rotatable bonds is 5. The summed E-state index contributed by atoms with van der Waals surface area (Å²) in [5, 5.41) is 4.59. The number of nitrogens with one attached hydrogen (secondary N) is 1. The quantitative estimate of drug-likeness (QED) is 0.801. The lowest BCUT2D eigenvalue weighted by Crippen LogP contribution is -2.11. The molecule has 0 aliphatic heterocycles. The molecule has 0 radical (unpaired) electrons. The lowest BCUT2D eigenvalue weighted by molar-refractivity contribution is 0.333. The Balaban J connectivity index is 1.82. The predicted octanol–water partition coefficient (Wildman–Crippen LogP) is 4.79. The molecule has 2 nitrogen and oxygen atoms in total. The van der Waals surface area contributed by atoms with E-state index in [9.17, 15) is 0 Å². The van der Waals surface area contributed by atoms with Crippen molar-refractivity contribution in [2.45, 2.75) is 6.92 Å².